The van der Waals surface area contributed by atoms with Crippen LogP contribution in [0.15, 0.2) is 18.2 Å². The van der Waals surface area contributed by atoms with E-state index in [1.807, 2.05) is 0 Å². The van der Waals surface area contributed by atoms with E-state index in [1.165, 1.54) is 6.92 Å². The Labute approximate surface area is 109 Å². The van der Waals surface area contributed by atoms with E-state index in [-0.39, 0.29) is 30.3 Å². The van der Waals surface area contributed by atoms with Crippen LogP contribution in [0.2, 0.25) is 0 Å². The van der Waals surface area contributed by atoms with Gasteiger partial charge in [0.05, 0.1) is 12.6 Å². The summed E-state index contributed by atoms with van der Waals surface area (Å²) in [6, 6.07) is 1.46. The third-order valence-electron chi connectivity index (χ3n) is 2.18. The van der Waals surface area contributed by atoms with Gasteiger partial charge in [0.15, 0.2) is 0 Å². The lowest BCUT2D eigenvalue weighted by atomic mass is 10.0. The van der Waals surface area contributed by atoms with Crippen LogP contribution >= 0.6 is 12.4 Å². The first kappa shape index (κ1) is 16.6. The molecule has 0 aliphatic heterocycles. The van der Waals surface area contributed by atoms with Gasteiger partial charge >= 0.3 is 5.97 Å². The summed E-state index contributed by atoms with van der Waals surface area (Å²) in [5.74, 6) is -2.18. The van der Waals surface area contributed by atoms with Crippen LogP contribution in [0.4, 0.5) is 8.78 Å². The lowest BCUT2D eigenvalue weighted by Crippen LogP contribution is -2.31. The number of esters is 1. The molecule has 1 aromatic carbocycles. The van der Waals surface area contributed by atoms with Crippen LogP contribution < -0.4 is 5.73 Å². The monoisotopic (exact) mass is 281 g/mol. The molecule has 1 rings (SSSR count). The lowest BCUT2D eigenvalue weighted by Gasteiger charge is -2.16. The quantitative estimate of drug-likeness (QED) is 0.826. The van der Waals surface area contributed by atoms with Gasteiger partial charge in [-0.25, -0.2) is 13.6 Å². The highest BCUT2D eigenvalue weighted by Crippen LogP contribution is 2.27. The summed E-state index contributed by atoms with van der Waals surface area (Å²) in [7, 11) is 0. The van der Waals surface area contributed by atoms with Gasteiger partial charge in [0.25, 0.3) is 0 Å². The van der Waals surface area contributed by atoms with Crippen LogP contribution in [0, 0.1) is 5.82 Å². The Morgan fingerprint density at radius 2 is 2.17 bits per heavy atom. The van der Waals surface area contributed by atoms with E-state index in [0.717, 1.165) is 18.2 Å². The van der Waals surface area contributed by atoms with Gasteiger partial charge in [0.2, 0.25) is 6.17 Å². The average molecular weight is 282 g/mol. The van der Waals surface area contributed by atoms with Crippen molar-refractivity contribution in [1.82, 2.24) is 0 Å². The summed E-state index contributed by atoms with van der Waals surface area (Å²) in [6.07, 6.45) is -2.15. The molecule has 1 unspecified atom stereocenters. The Kier molecular flexibility index (Phi) is 6.57. The summed E-state index contributed by atoms with van der Waals surface area (Å²) in [4.78, 5) is 11.1. The molecule has 0 saturated heterocycles. The fourth-order valence-corrected chi connectivity index (χ4v) is 1.32. The normalized spacial score (nSPS) is 13.3. The second-order valence-corrected chi connectivity index (χ2v) is 3.38. The highest BCUT2D eigenvalue weighted by molar-refractivity contribution is 5.85. The Hall–Kier alpha value is -1.40. The standard InChI is InChI=1S/C11H13F2NO3.ClH/c1-2-17-11(16)9(13)10(14)7-5-6(12)3-4-8(7)15;/h3-5,9-10,15H,2,14H2,1H3;1H/t9?,10-;/m0./s1. The van der Waals surface area contributed by atoms with Crippen molar-refractivity contribution in [2.75, 3.05) is 6.61 Å². The van der Waals surface area contributed by atoms with E-state index in [1.54, 1.807) is 0 Å². The molecule has 4 nitrogen and oxygen atoms in total. The number of phenols is 1. The Bertz CT molecular complexity index is 417. The predicted octanol–water partition coefficient (Wildman–Crippen LogP) is 1.85. The number of phenolic OH excluding ortho intramolecular Hbond substituents is 1. The number of hydrogen-bond donors (Lipinski definition) is 2. The first-order chi connectivity index (χ1) is 7.97. The zero-order valence-corrected chi connectivity index (χ0v) is 10.4. The van der Waals surface area contributed by atoms with E-state index in [0.29, 0.717) is 0 Å². The van der Waals surface area contributed by atoms with E-state index < -0.39 is 24.0 Å². The van der Waals surface area contributed by atoms with Gasteiger partial charge in [-0.2, -0.15) is 0 Å². The largest absolute Gasteiger partial charge is 0.508 e. The first-order valence-electron chi connectivity index (χ1n) is 5.02. The number of carbonyl (C=O) groups excluding carboxylic acids is 1. The van der Waals surface area contributed by atoms with Gasteiger partial charge in [-0.15, -0.1) is 12.4 Å². The number of benzene rings is 1. The summed E-state index contributed by atoms with van der Waals surface area (Å²) in [6.45, 7) is 1.54. The molecule has 0 amide bonds. The van der Waals surface area contributed by atoms with E-state index >= 15 is 0 Å². The van der Waals surface area contributed by atoms with Crippen LogP contribution in [0.25, 0.3) is 0 Å². The lowest BCUT2D eigenvalue weighted by molar-refractivity contribution is -0.149. The number of carbonyl (C=O) groups is 1. The van der Waals surface area contributed by atoms with Crippen molar-refractivity contribution in [3.05, 3.63) is 29.6 Å². The molecule has 0 heterocycles. The minimum absolute atomic E-state index is 0. The fraction of sp³-hybridized carbons (Fsp3) is 0.364. The molecule has 0 bridgehead atoms. The van der Waals surface area contributed by atoms with Gasteiger partial charge in [-0.3, -0.25) is 0 Å². The molecular weight excluding hydrogens is 268 g/mol. The van der Waals surface area contributed by atoms with Crippen molar-refractivity contribution in [3.8, 4) is 5.75 Å². The topological polar surface area (TPSA) is 72.5 Å². The summed E-state index contributed by atoms with van der Waals surface area (Å²) < 4.78 is 30.9. The number of hydrogen-bond acceptors (Lipinski definition) is 4. The smallest absolute Gasteiger partial charge is 0.342 e. The second-order valence-electron chi connectivity index (χ2n) is 3.38. The van der Waals surface area contributed by atoms with E-state index in [9.17, 15) is 18.7 Å². The molecule has 0 aromatic heterocycles. The molecule has 102 valence electrons. The Balaban J connectivity index is 0.00000289. The van der Waals surface area contributed by atoms with Gasteiger partial charge in [-0.1, -0.05) is 0 Å². The van der Waals surface area contributed by atoms with Crippen molar-refractivity contribution in [3.63, 3.8) is 0 Å². The van der Waals surface area contributed by atoms with E-state index in [2.05, 4.69) is 4.74 Å². The fourth-order valence-electron chi connectivity index (χ4n) is 1.32. The van der Waals surface area contributed by atoms with Crippen molar-refractivity contribution >= 4 is 18.4 Å². The molecule has 1 aromatic rings. The number of rotatable bonds is 4. The molecule has 2 atom stereocenters. The second kappa shape index (κ2) is 7.13. The maximum absolute atomic E-state index is 13.5. The third kappa shape index (κ3) is 3.82. The number of alkyl halides is 1. The summed E-state index contributed by atoms with van der Waals surface area (Å²) >= 11 is 0. The minimum Gasteiger partial charge on any atom is -0.508 e. The first-order valence-corrected chi connectivity index (χ1v) is 5.02. The van der Waals surface area contributed by atoms with Gasteiger partial charge in [0.1, 0.15) is 11.6 Å². The van der Waals surface area contributed by atoms with Crippen molar-refractivity contribution in [1.29, 1.82) is 0 Å². The van der Waals surface area contributed by atoms with Gasteiger partial charge < -0.3 is 15.6 Å². The maximum atomic E-state index is 13.5. The molecule has 3 N–H and O–H groups in total. The summed E-state index contributed by atoms with van der Waals surface area (Å²) in [5, 5.41) is 9.40. The minimum atomic E-state index is -2.15. The predicted molar refractivity (Wildman–Crippen MR) is 63.8 cm³/mol. The molecule has 0 aliphatic rings. The molecule has 0 aliphatic carbocycles. The molecule has 0 radical (unpaired) electrons. The summed E-state index contributed by atoms with van der Waals surface area (Å²) in [5.41, 5.74) is 5.26. The molecule has 7 heteroatoms. The molecule has 0 spiro atoms. The number of nitrogens with two attached hydrogens (primary N) is 1. The molecular formula is C11H14ClF2NO3. The van der Waals surface area contributed by atoms with Gasteiger partial charge in [0, 0.05) is 5.56 Å². The van der Waals surface area contributed by atoms with Crippen molar-refractivity contribution < 1.29 is 23.4 Å². The van der Waals surface area contributed by atoms with Crippen LogP contribution in [0.5, 0.6) is 5.75 Å². The molecule has 0 fully saturated rings. The van der Waals surface area contributed by atoms with E-state index in [4.69, 9.17) is 5.73 Å². The van der Waals surface area contributed by atoms with Crippen molar-refractivity contribution in [2.24, 2.45) is 5.73 Å². The third-order valence-corrected chi connectivity index (χ3v) is 2.18. The zero-order valence-electron chi connectivity index (χ0n) is 9.60. The average Bonchev–Trinajstić information content (AvgIpc) is 2.30. The van der Waals surface area contributed by atoms with Crippen LogP contribution in [0.1, 0.15) is 18.5 Å². The number of halogens is 3. The SMILES string of the molecule is CCOC(=O)C(F)[C@@H](N)c1cc(F)ccc1O.Cl. The maximum Gasteiger partial charge on any atom is 0.342 e. The Morgan fingerprint density at radius 1 is 1.56 bits per heavy atom. The number of ether oxygens (including phenoxy) is 1. The Morgan fingerprint density at radius 3 is 2.72 bits per heavy atom. The van der Waals surface area contributed by atoms with Crippen molar-refractivity contribution in [2.45, 2.75) is 19.1 Å². The molecule has 0 saturated carbocycles. The highest BCUT2D eigenvalue weighted by atomic mass is 35.5. The van der Waals surface area contributed by atoms with Crippen LogP contribution in [-0.4, -0.2) is 23.9 Å². The number of aromatic hydroxyl groups is 1. The van der Waals surface area contributed by atoms with Crippen LogP contribution in [0.3, 0.4) is 0 Å². The van der Waals surface area contributed by atoms with Crippen LogP contribution in [-0.2, 0) is 9.53 Å². The highest BCUT2D eigenvalue weighted by Gasteiger charge is 2.29. The zero-order chi connectivity index (χ0) is 13.0. The van der Waals surface area contributed by atoms with Gasteiger partial charge in [-0.05, 0) is 25.1 Å². The molecule has 18 heavy (non-hydrogen) atoms.